The lowest BCUT2D eigenvalue weighted by Gasteiger charge is -2.48. The normalized spacial score (nSPS) is 13.8. The predicted octanol–water partition coefficient (Wildman–Crippen LogP) is 9.00. The molecular weight excluding hydrogens is 392 g/mol. The van der Waals surface area contributed by atoms with Gasteiger partial charge in [-0.2, -0.15) is 0 Å². The van der Waals surface area contributed by atoms with Crippen LogP contribution in [-0.2, 0) is 15.3 Å². The number of unbranched alkanes of at least 4 members (excludes halogenated alkanes) is 5. The molecule has 0 N–H and O–H groups in total. The number of hydrogen-bond acceptors (Lipinski definition) is 2. The molecule has 2 aromatic rings. The second-order valence-electron chi connectivity index (χ2n) is 11.0. The molecule has 0 aliphatic carbocycles. The molecule has 0 saturated carbocycles. The van der Waals surface area contributed by atoms with Gasteiger partial charge in [-0.15, -0.1) is 0 Å². The fourth-order valence-corrected chi connectivity index (χ4v) is 4.45. The second-order valence-corrected chi connectivity index (χ2v) is 11.0. The minimum atomic E-state index is -0.872. The highest BCUT2D eigenvalue weighted by atomic mass is 16.7. The first-order valence-corrected chi connectivity index (χ1v) is 12.6. The summed E-state index contributed by atoms with van der Waals surface area (Å²) in [4.78, 5) is 0. The average Bonchev–Trinajstić information content (AvgIpc) is 2.72. The van der Waals surface area contributed by atoms with Gasteiger partial charge in [0.15, 0.2) is 0 Å². The van der Waals surface area contributed by atoms with Crippen molar-refractivity contribution in [3.63, 3.8) is 0 Å². The van der Waals surface area contributed by atoms with Crippen molar-refractivity contribution in [3.05, 3.63) is 71.8 Å². The standard InChI is InChI=1S/C30H46O2/c1-8-9-10-11-12-19-24-27(25-20-15-13-16-21-25)30(31-28(2,3)4,32-29(5,6)7)26-22-17-14-18-23-26/h13-18,20-23,27H,8-12,19,24H2,1-7H3. The molecule has 0 aliphatic heterocycles. The van der Waals surface area contributed by atoms with E-state index in [2.05, 4.69) is 109 Å². The molecule has 0 heterocycles. The second kappa shape index (κ2) is 12.0. The fraction of sp³-hybridized carbons (Fsp3) is 0.600. The monoisotopic (exact) mass is 438 g/mol. The highest BCUT2D eigenvalue weighted by molar-refractivity contribution is 5.30. The maximum absolute atomic E-state index is 6.98. The number of hydrogen-bond donors (Lipinski definition) is 0. The SMILES string of the molecule is CCCCCCCCC(c1ccccc1)C(OC(C)(C)C)(OC(C)(C)C)c1ccccc1. The van der Waals surface area contributed by atoms with Crippen molar-refractivity contribution in [1.82, 2.24) is 0 Å². The Hall–Kier alpha value is -1.64. The van der Waals surface area contributed by atoms with Crippen LogP contribution in [0, 0.1) is 0 Å². The molecule has 1 unspecified atom stereocenters. The molecule has 0 amide bonds. The molecule has 0 aliphatic rings. The molecule has 0 saturated heterocycles. The molecule has 2 aromatic carbocycles. The Kier molecular flexibility index (Phi) is 9.98. The Morgan fingerprint density at radius 2 is 1.09 bits per heavy atom. The van der Waals surface area contributed by atoms with Crippen molar-refractivity contribution in [2.75, 3.05) is 0 Å². The first-order chi connectivity index (χ1) is 15.1. The van der Waals surface area contributed by atoms with E-state index in [1.165, 1.54) is 44.1 Å². The van der Waals surface area contributed by atoms with E-state index in [1.54, 1.807) is 0 Å². The highest BCUT2D eigenvalue weighted by Gasteiger charge is 2.48. The maximum Gasteiger partial charge on any atom is 0.202 e. The van der Waals surface area contributed by atoms with E-state index in [4.69, 9.17) is 9.47 Å². The summed E-state index contributed by atoms with van der Waals surface area (Å²) in [6.07, 6.45) is 8.68. The van der Waals surface area contributed by atoms with Gasteiger partial charge in [0.25, 0.3) is 0 Å². The lowest BCUT2D eigenvalue weighted by atomic mass is 9.80. The first kappa shape index (κ1) is 26.6. The van der Waals surface area contributed by atoms with Gasteiger partial charge in [-0.1, -0.05) is 106 Å². The molecule has 32 heavy (non-hydrogen) atoms. The van der Waals surface area contributed by atoms with Gasteiger partial charge in [0.1, 0.15) is 0 Å². The molecule has 1 atom stereocenters. The number of benzene rings is 2. The van der Waals surface area contributed by atoms with Crippen LogP contribution in [0.2, 0.25) is 0 Å². The van der Waals surface area contributed by atoms with Crippen molar-refractivity contribution >= 4 is 0 Å². The van der Waals surface area contributed by atoms with Gasteiger partial charge >= 0.3 is 0 Å². The Labute approximate surface area is 197 Å². The molecule has 2 rings (SSSR count). The largest absolute Gasteiger partial charge is 0.340 e. The minimum absolute atomic E-state index is 0.0933. The Balaban J connectivity index is 2.53. The molecule has 0 fully saturated rings. The van der Waals surface area contributed by atoms with E-state index in [-0.39, 0.29) is 17.1 Å². The third-order valence-corrected chi connectivity index (χ3v) is 5.60. The zero-order valence-corrected chi connectivity index (χ0v) is 21.6. The van der Waals surface area contributed by atoms with Crippen LogP contribution >= 0.6 is 0 Å². The molecule has 0 bridgehead atoms. The van der Waals surface area contributed by atoms with Gasteiger partial charge in [-0.05, 0) is 53.5 Å². The lowest BCUT2D eigenvalue weighted by Crippen LogP contribution is -2.48. The van der Waals surface area contributed by atoms with Crippen LogP contribution in [0.15, 0.2) is 60.7 Å². The summed E-state index contributed by atoms with van der Waals surface area (Å²) >= 11 is 0. The predicted molar refractivity (Wildman–Crippen MR) is 137 cm³/mol. The van der Waals surface area contributed by atoms with Crippen LogP contribution in [0.1, 0.15) is 110 Å². The van der Waals surface area contributed by atoms with Gasteiger partial charge in [-0.25, -0.2) is 0 Å². The smallest absolute Gasteiger partial charge is 0.202 e. The Morgan fingerprint density at radius 1 is 0.625 bits per heavy atom. The fourth-order valence-electron chi connectivity index (χ4n) is 4.45. The van der Waals surface area contributed by atoms with Crippen LogP contribution in [0.5, 0.6) is 0 Å². The third-order valence-electron chi connectivity index (χ3n) is 5.60. The van der Waals surface area contributed by atoms with Crippen molar-refractivity contribution in [2.24, 2.45) is 0 Å². The molecule has 0 radical (unpaired) electrons. The van der Waals surface area contributed by atoms with Crippen molar-refractivity contribution < 1.29 is 9.47 Å². The lowest BCUT2D eigenvalue weighted by molar-refractivity contribution is -0.333. The van der Waals surface area contributed by atoms with Crippen LogP contribution in [0.25, 0.3) is 0 Å². The average molecular weight is 439 g/mol. The van der Waals surface area contributed by atoms with Gasteiger partial charge in [0.05, 0.1) is 11.2 Å². The Morgan fingerprint density at radius 3 is 1.59 bits per heavy atom. The van der Waals surface area contributed by atoms with Gasteiger partial charge in [0.2, 0.25) is 5.79 Å². The number of rotatable bonds is 12. The minimum Gasteiger partial charge on any atom is -0.340 e. The van der Waals surface area contributed by atoms with Crippen LogP contribution in [-0.4, -0.2) is 11.2 Å². The highest BCUT2D eigenvalue weighted by Crippen LogP contribution is 2.48. The summed E-state index contributed by atoms with van der Waals surface area (Å²) in [5.41, 5.74) is 1.63. The van der Waals surface area contributed by atoms with Crippen LogP contribution in [0.3, 0.4) is 0 Å². The zero-order chi connectivity index (χ0) is 23.7. The summed E-state index contributed by atoms with van der Waals surface area (Å²) in [6.45, 7) is 15.0. The van der Waals surface area contributed by atoms with E-state index >= 15 is 0 Å². The maximum atomic E-state index is 6.98. The van der Waals surface area contributed by atoms with Gasteiger partial charge < -0.3 is 9.47 Å². The van der Waals surface area contributed by atoms with E-state index in [9.17, 15) is 0 Å². The summed E-state index contributed by atoms with van der Waals surface area (Å²) < 4.78 is 14.0. The van der Waals surface area contributed by atoms with Crippen molar-refractivity contribution in [1.29, 1.82) is 0 Å². The topological polar surface area (TPSA) is 18.5 Å². The quantitative estimate of drug-likeness (QED) is 0.243. The molecule has 0 spiro atoms. The molecule has 2 heteroatoms. The van der Waals surface area contributed by atoms with E-state index in [0.29, 0.717) is 0 Å². The zero-order valence-electron chi connectivity index (χ0n) is 21.6. The van der Waals surface area contributed by atoms with Crippen LogP contribution < -0.4 is 0 Å². The van der Waals surface area contributed by atoms with Crippen molar-refractivity contribution in [3.8, 4) is 0 Å². The number of ether oxygens (including phenoxy) is 2. The summed E-state index contributed by atoms with van der Waals surface area (Å²) in [6, 6.07) is 21.4. The summed E-state index contributed by atoms with van der Waals surface area (Å²) in [7, 11) is 0. The molecule has 2 nitrogen and oxygen atoms in total. The van der Waals surface area contributed by atoms with Crippen molar-refractivity contribution in [2.45, 2.75) is 116 Å². The molecule has 178 valence electrons. The van der Waals surface area contributed by atoms with Crippen LogP contribution in [0.4, 0.5) is 0 Å². The molecular formula is C30H46O2. The van der Waals surface area contributed by atoms with Gasteiger partial charge in [0, 0.05) is 11.5 Å². The van der Waals surface area contributed by atoms with E-state index in [1.807, 2.05) is 0 Å². The molecule has 0 aromatic heterocycles. The van der Waals surface area contributed by atoms with E-state index in [0.717, 1.165) is 12.0 Å². The first-order valence-electron chi connectivity index (χ1n) is 12.6. The Bertz CT molecular complexity index is 737. The third kappa shape index (κ3) is 8.37. The summed E-state index contributed by atoms with van der Waals surface area (Å²) in [5, 5.41) is 0. The van der Waals surface area contributed by atoms with E-state index < -0.39 is 5.79 Å². The summed E-state index contributed by atoms with van der Waals surface area (Å²) in [5.74, 6) is -0.779. The van der Waals surface area contributed by atoms with Gasteiger partial charge in [-0.3, -0.25) is 0 Å².